The maximum absolute atomic E-state index is 4.73. The van der Waals surface area contributed by atoms with Crippen LogP contribution in [0, 0.1) is 15.7 Å². The summed E-state index contributed by atoms with van der Waals surface area (Å²) in [5.41, 5.74) is 1.13. The molecule has 0 unspecified atom stereocenters. The fourth-order valence-electron chi connectivity index (χ4n) is 2.40. The smallest absolute Gasteiger partial charge is 0.141 e. The first-order chi connectivity index (χ1) is 9.19. The van der Waals surface area contributed by atoms with Crippen LogP contribution in [0.3, 0.4) is 0 Å². The van der Waals surface area contributed by atoms with Gasteiger partial charge in [0.2, 0.25) is 0 Å². The molecular formula is C14H18IN3S. The van der Waals surface area contributed by atoms with Crippen LogP contribution < -0.4 is 4.90 Å². The highest BCUT2D eigenvalue weighted by molar-refractivity contribution is 14.1. The van der Waals surface area contributed by atoms with Gasteiger partial charge in [0.05, 0.1) is 8.27 Å². The van der Waals surface area contributed by atoms with Crippen molar-refractivity contribution >= 4 is 50.6 Å². The quantitative estimate of drug-likeness (QED) is 0.719. The lowest BCUT2D eigenvalue weighted by molar-refractivity contribution is 0.699. The van der Waals surface area contributed by atoms with E-state index in [2.05, 4.69) is 44.8 Å². The molecule has 0 amide bonds. The number of anilines is 1. The summed E-state index contributed by atoms with van der Waals surface area (Å²) in [5, 5.41) is 3.44. The number of hydrogen-bond donors (Lipinski definition) is 0. The van der Waals surface area contributed by atoms with Gasteiger partial charge in [0.15, 0.2) is 0 Å². The third-order valence-electron chi connectivity index (χ3n) is 3.47. The van der Waals surface area contributed by atoms with Crippen LogP contribution in [0.4, 0.5) is 5.82 Å². The predicted molar refractivity (Wildman–Crippen MR) is 90.1 cm³/mol. The topological polar surface area (TPSA) is 29.0 Å². The zero-order chi connectivity index (χ0) is 13.4. The summed E-state index contributed by atoms with van der Waals surface area (Å²) >= 11 is 4.15. The van der Waals surface area contributed by atoms with Crippen LogP contribution in [-0.4, -0.2) is 23.1 Å². The van der Waals surface area contributed by atoms with Gasteiger partial charge in [-0.15, -0.1) is 11.3 Å². The van der Waals surface area contributed by atoms with Crippen LogP contribution in [0.25, 0.3) is 10.9 Å². The van der Waals surface area contributed by atoms with Gasteiger partial charge in [-0.3, -0.25) is 0 Å². The summed E-state index contributed by atoms with van der Waals surface area (Å²) in [6, 6.07) is 0. The summed E-state index contributed by atoms with van der Waals surface area (Å²) < 4.78 is 1.27. The summed E-state index contributed by atoms with van der Waals surface area (Å²) in [4.78, 5) is 11.8. The Morgan fingerprint density at radius 2 is 2.21 bits per heavy atom. The Hall–Kier alpha value is -0.430. The van der Waals surface area contributed by atoms with Crippen molar-refractivity contribution < 1.29 is 0 Å². The molecule has 0 radical (unpaired) electrons. The largest absolute Gasteiger partial charge is 0.356 e. The minimum atomic E-state index is 0.884. The van der Waals surface area contributed by atoms with Crippen LogP contribution in [0.5, 0.6) is 0 Å². The van der Waals surface area contributed by atoms with Crippen molar-refractivity contribution in [1.82, 2.24) is 9.97 Å². The molecule has 0 bridgehead atoms. The normalized spacial score (nSPS) is 15.1. The number of thiophene rings is 1. The molecular weight excluding hydrogens is 369 g/mol. The third-order valence-corrected chi connectivity index (χ3v) is 5.50. The van der Waals surface area contributed by atoms with E-state index >= 15 is 0 Å². The van der Waals surface area contributed by atoms with Crippen LogP contribution >= 0.6 is 33.9 Å². The van der Waals surface area contributed by atoms with Gasteiger partial charge >= 0.3 is 0 Å². The van der Waals surface area contributed by atoms with Crippen molar-refractivity contribution in [1.29, 1.82) is 0 Å². The number of rotatable bonds is 5. The van der Waals surface area contributed by atoms with E-state index in [1.54, 1.807) is 11.3 Å². The molecule has 1 fully saturated rings. The van der Waals surface area contributed by atoms with Gasteiger partial charge < -0.3 is 4.90 Å². The lowest BCUT2D eigenvalue weighted by atomic mass is 10.2. The van der Waals surface area contributed by atoms with E-state index in [4.69, 9.17) is 4.98 Å². The molecule has 3 nitrogen and oxygen atoms in total. The molecule has 2 heterocycles. The van der Waals surface area contributed by atoms with Crippen LogP contribution in [0.2, 0.25) is 0 Å². The van der Waals surface area contributed by atoms with Crippen molar-refractivity contribution in [2.45, 2.75) is 33.1 Å². The van der Waals surface area contributed by atoms with E-state index < -0.39 is 0 Å². The molecule has 5 heteroatoms. The second-order valence-corrected chi connectivity index (χ2v) is 7.95. The molecule has 0 spiro atoms. The summed E-state index contributed by atoms with van der Waals surface area (Å²) in [6.45, 7) is 6.49. The Kier molecular flexibility index (Phi) is 3.93. The number of halogens is 1. The van der Waals surface area contributed by atoms with Gasteiger partial charge in [0.1, 0.15) is 17.2 Å². The van der Waals surface area contributed by atoms with Crippen molar-refractivity contribution in [3.63, 3.8) is 0 Å². The van der Waals surface area contributed by atoms with Crippen molar-refractivity contribution in [2.24, 2.45) is 5.92 Å². The highest BCUT2D eigenvalue weighted by Gasteiger charge is 2.26. The Morgan fingerprint density at radius 3 is 2.89 bits per heavy atom. The van der Waals surface area contributed by atoms with Gasteiger partial charge in [0.25, 0.3) is 0 Å². The van der Waals surface area contributed by atoms with Crippen LogP contribution in [0.15, 0.2) is 5.38 Å². The summed E-state index contributed by atoms with van der Waals surface area (Å²) in [7, 11) is 0. The van der Waals surface area contributed by atoms with Crippen LogP contribution in [0.1, 0.15) is 32.0 Å². The molecule has 1 aliphatic rings. The molecule has 2 aromatic heterocycles. The lowest BCUT2D eigenvalue weighted by Crippen LogP contribution is -2.28. The van der Waals surface area contributed by atoms with Crippen LogP contribution in [-0.2, 0) is 0 Å². The van der Waals surface area contributed by atoms with E-state index in [0.717, 1.165) is 36.2 Å². The maximum atomic E-state index is 4.73. The lowest BCUT2D eigenvalue weighted by Gasteiger charge is -2.24. The zero-order valence-corrected chi connectivity index (χ0v) is 14.3. The average molecular weight is 387 g/mol. The molecule has 102 valence electrons. The second-order valence-electron chi connectivity index (χ2n) is 5.26. The molecule has 2 aromatic rings. The van der Waals surface area contributed by atoms with Crippen molar-refractivity contribution in [3.8, 4) is 0 Å². The SMILES string of the molecule is CCCN(CC1CC1)c1nc(C)nc2c(I)scc12. The molecule has 1 saturated carbocycles. The first-order valence-electron chi connectivity index (χ1n) is 6.85. The standard InChI is InChI=1S/C14H18IN3S/c1-3-6-18(7-10-4-5-10)14-11-8-19-13(15)12(11)16-9(2)17-14/h8,10H,3-7H2,1-2H3. The molecule has 0 aliphatic heterocycles. The van der Waals surface area contributed by atoms with E-state index in [0.29, 0.717) is 0 Å². The minimum absolute atomic E-state index is 0.884. The summed E-state index contributed by atoms with van der Waals surface area (Å²) in [6.07, 6.45) is 3.93. The van der Waals surface area contributed by atoms with E-state index in [9.17, 15) is 0 Å². The van der Waals surface area contributed by atoms with Gasteiger partial charge in [-0.1, -0.05) is 6.92 Å². The molecule has 0 N–H and O–H groups in total. The van der Waals surface area contributed by atoms with E-state index in [1.165, 1.54) is 27.5 Å². The maximum Gasteiger partial charge on any atom is 0.141 e. The highest BCUT2D eigenvalue weighted by atomic mass is 127. The number of nitrogens with zero attached hydrogens (tertiary/aromatic N) is 3. The Balaban J connectivity index is 2.04. The molecule has 0 atom stereocenters. The molecule has 0 saturated heterocycles. The van der Waals surface area contributed by atoms with E-state index in [1.807, 2.05) is 6.92 Å². The zero-order valence-electron chi connectivity index (χ0n) is 11.3. The van der Waals surface area contributed by atoms with Gasteiger partial charge in [0, 0.05) is 18.5 Å². The Labute approximate surface area is 131 Å². The fraction of sp³-hybridized carbons (Fsp3) is 0.571. The molecule has 1 aliphatic carbocycles. The Morgan fingerprint density at radius 1 is 1.42 bits per heavy atom. The monoisotopic (exact) mass is 387 g/mol. The van der Waals surface area contributed by atoms with E-state index in [-0.39, 0.29) is 0 Å². The number of aryl methyl sites for hydroxylation is 1. The Bertz CT molecular complexity index is 592. The van der Waals surface area contributed by atoms with Crippen molar-refractivity contribution in [2.75, 3.05) is 18.0 Å². The molecule has 19 heavy (non-hydrogen) atoms. The van der Waals surface area contributed by atoms with Gasteiger partial charge in [-0.25, -0.2) is 9.97 Å². The molecule has 3 rings (SSSR count). The fourth-order valence-corrected chi connectivity index (χ4v) is 3.90. The van der Waals surface area contributed by atoms with Gasteiger partial charge in [-0.2, -0.15) is 0 Å². The third kappa shape index (κ3) is 2.86. The number of hydrogen-bond acceptors (Lipinski definition) is 4. The minimum Gasteiger partial charge on any atom is -0.356 e. The summed E-state index contributed by atoms with van der Waals surface area (Å²) in [5.74, 6) is 2.92. The number of fused-ring (bicyclic) bond motifs is 1. The first kappa shape index (κ1) is 13.5. The highest BCUT2D eigenvalue weighted by Crippen LogP contribution is 2.35. The first-order valence-corrected chi connectivity index (χ1v) is 8.81. The average Bonchev–Trinajstić information content (AvgIpc) is 3.13. The van der Waals surface area contributed by atoms with Gasteiger partial charge in [-0.05, 0) is 54.7 Å². The second kappa shape index (κ2) is 5.52. The number of aromatic nitrogens is 2. The predicted octanol–water partition coefficient (Wildman–Crippen LogP) is 4.23. The molecule has 0 aromatic carbocycles. The van der Waals surface area contributed by atoms with Crippen molar-refractivity contribution in [3.05, 3.63) is 14.1 Å².